The van der Waals surface area contributed by atoms with E-state index in [1.807, 2.05) is 0 Å². The topological polar surface area (TPSA) is 158 Å². The molecule has 1 aromatic carbocycles. The summed E-state index contributed by atoms with van der Waals surface area (Å²) >= 11 is 0. The second kappa shape index (κ2) is 6.91. The quantitative estimate of drug-likeness (QED) is 0.688. The molecule has 0 saturated carbocycles. The average molecular weight is 426 g/mol. The summed E-state index contributed by atoms with van der Waals surface area (Å²) < 4.78 is 38.7. The molecule has 3 rings (SSSR count). The summed E-state index contributed by atoms with van der Waals surface area (Å²) in [5.74, 6) is -1.44. The van der Waals surface area contributed by atoms with Crippen LogP contribution < -0.4 is 10.5 Å². The van der Waals surface area contributed by atoms with Crippen LogP contribution in [0.15, 0.2) is 38.3 Å². The Bertz CT molecular complexity index is 1150. The van der Waals surface area contributed by atoms with Gasteiger partial charge in [-0.05, 0) is 29.5 Å². The Labute approximate surface area is 162 Å². The lowest BCUT2D eigenvalue weighted by Crippen LogP contribution is -2.28. The normalized spacial score (nSPS) is 21.2. The molecule has 3 N–H and O–H groups in total. The molecule has 150 valence electrons. The van der Waals surface area contributed by atoms with Crippen molar-refractivity contribution in [3.05, 3.63) is 34.2 Å². The van der Waals surface area contributed by atoms with Gasteiger partial charge in [-0.25, -0.2) is 13.8 Å². The van der Waals surface area contributed by atoms with E-state index in [0.717, 1.165) is 10.2 Å². The van der Waals surface area contributed by atoms with E-state index in [0.29, 0.717) is 0 Å². The molecule has 1 aliphatic heterocycles. The maximum Gasteiger partial charge on any atom is 0.340 e. The molecule has 1 aliphatic rings. The van der Waals surface area contributed by atoms with Gasteiger partial charge < -0.3 is 10.5 Å². The third kappa shape index (κ3) is 3.11. The smallest absolute Gasteiger partial charge is 0.340 e. The van der Waals surface area contributed by atoms with Crippen LogP contribution >= 0.6 is 10.4 Å². The van der Waals surface area contributed by atoms with Crippen LogP contribution in [-0.4, -0.2) is 42.1 Å². The molecule has 0 fully saturated rings. The number of rotatable bonds is 5. The third-order valence-corrected chi connectivity index (χ3v) is 8.84. The molecule has 13 heteroatoms. The summed E-state index contributed by atoms with van der Waals surface area (Å²) in [7, 11) is -6.90. The summed E-state index contributed by atoms with van der Waals surface area (Å²) in [6.07, 6.45) is 2.55. The second-order valence-corrected chi connectivity index (χ2v) is 10.4. The fraction of sp³-hybridized carbons (Fsp3) is 0.267. The number of aromatic nitrogens is 2. The first-order valence-electron chi connectivity index (χ1n) is 8.00. The Morgan fingerprint density at radius 3 is 2.71 bits per heavy atom. The van der Waals surface area contributed by atoms with Gasteiger partial charge in [0.15, 0.2) is 4.24 Å². The van der Waals surface area contributed by atoms with Crippen LogP contribution in [0.5, 0.6) is 0 Å². The van der Waals surface area contributed by atoms with Crippen LogP contribution in [0.25, 0.3) is 11.0 Å². The summed E-state index contributed by atoms with van der Waals surface area (Å²) in [5, 5.41) is 3.68. The Hall–Kier alpha value is -2.93. The van der Waals surface area contributed by atoms with Gasteiger partial charge in [0.25, 0.3) is 10.0 Å². The number of nitrogen functional groups attached to an aromatic ring is 1. The second-order valence-electron chi connectivity index (χ2n) is 5.81. The highest BCUT2D eigenvalue weighted by molar-refractivity contribution is 8.40. The number of fused-ring (bicyclic) bond motifs is 1. The number of nitrogens with one attached hydrogen (secondary N) is 1. The van der Waals surface area contributed by atoms with Gasteiger partial charge in [-0.15, -0.1) is 9.63 Å². The van der Waals surface area contributed by atoms with E-state index in [-0.39, 0.29) is 33.4 Å². The van der Waals surface area contributed by atoms with Gasteiger partial charge in [-0.1, -0.05) is 6.07 Å². The van der Waals surface area contributed by atoms with Gasteiger partial charge in [-0.2, -0.15) is 8.42 Å². The van der Waals surface area contributed by atoms with Crippen LogP contribution in [0.4, 0.5) is 5.95 Å². The molecule has 1 unspecified atom stereocenters. The van der Waals surface area contributed by atoms with Crippen molar-refractivity contribution in [1.29, 1.82) is 0 Å². The number of carbonyl (C=O) groups excluding carboxylic acids is 2. The summed E-state index contributed by atoms with van der Waals surface area (Å²) in [4.78, 5) is 27.7. The average Bonchev–Trinajstić information content (AvgIpc) is 3.13. The Balaban J connectivity index is 2.19. The zero-order valence-electron chi connectivity index (χ0n) is 15.2. The number of esters is 1. The van der Waals surface area contributed by atoms with E-state index in [4.69, 9.17) is 10.5 Å². The number of nitrogens with zero attached hydrogens (tertiary/aromatic N) is 4. The third-order valence-electron chi connectivity index (χ3n) is 3.77. The van der Waals surface area contributed by atoms with Crippen molar-refractivity contribution < 1.29 is 22.7 Å². The largest absolute Gasteiger partial charge is 0.462 e. The van der Waals surface area contributed by atoms with Crippen molar-refractivity contribution >= 4 is 49.3 Å². The highest BCUT2D eigenvalue weighted by atomic mass is 32.3. The van der Waals surface area contributed by atoms with E-state index in [1.165, 1.54) is 31.4 Å². The number of benzene rings is 1. The van der Waals surface area contributed by atoms with E-state index in [2.05, 4.69) is 19.3 Å². The number of hydrogen-bond acceptors (Lipinski definition) is 9. The molecule has 0 saturated heterocycles. The lowest BCUT2D eigenvalue weighted by Gasteiger charge is -2.28. The molecule has 0 radical (unpaired) electrons. The van der Waals surface area contributed by atoms with E-state index < -0.39 is 32.3 Å². The number of para-hydroxylation sites is 1. The minimum absolute atomic E-state index is 0.0886. The first-order chi connectivity index (χ1) is 13.1. The maximum absolute atomic E-state index is 13.3. The molecule has 0 spiro atoms. The Morgan fingerprint density at radius 2 is 2.07 bits per heavy atom. The van der Waals surface area contributed by atoms with Gasteiger partial charge in [0.05, 0.1) is 23.9 Å². The fourth-order valence-electron chi connectivity index (χ4n) is 2.74. The standard InChI is InChI=1S/C15H18N6O5S2/c1-4-26-14(23)10-6-5-7-11-13(10)18-15(16)21(11)28(24,25)12-8-17-20-27(12,3)19-9(2)22/h5-8H,4H2,1-3H3,(H2,16,18)(H,19,22). The van der Waals surface area contributed by atoms with Crippen molar-refractivity contribution in [2.75, 3.05) is 18.6 Å². The fourth-order valence-corrected chi connectivity index (χ4v) is 7.15. The van der Waals surface area contributed by atoms with Gasteiger partial charge in [0, 0.05) is 13.2 Å². The van der Waals surface area contributed by atoms with Crippen molar-refractivity contribution in [1.82, 2.24) is 13.7 Å². The number of anilines is 1. The molecule has 0 aliphatic carbocycles. The molecule has 1 aromatic heterocycles. The zero-order chi connectivity index (χ0) is 20.7. The molecular formula is C15H18N6O5S2. The number of nitrogens with two attached hydrogens (primary N) is 1. The van der Waals surface area contributed by atoms with Gasteiger partial charge in [0.2, 0.25) is 11.9 Å². The first-order valence-corrected chi connectivity index (χ1v) is 11.4. The highest BCUT2D eigenvalue weighted by Crippen LogP contribution is 2.56. The van der Waals surface area contributed by atoms with Crippen LogP contribution in [-0.2, 0) is 19.6 Å². The Morgan fingerprint density at radius 1 is 1.36 bits per heavy atom. The number of imidazole rings is 1. The van der Waals surface area contributed by atoms with Crippen molar-refractivity contribution in [3.8, 4) is 0 Å². The summed E-state index contributed by atoms with van der Waals surface area (Å²) in [6, 6.07) is 4.43. The molecule has 28 heavy (non-hydrogen) atoms. The van der Waals surface area contributed by atoms with Crippen molar-refractivity contribution in [2.24, 2.45) is 9.63 Å². The summed E-state index contributed by atoms with van der Waals surface area (Å²) in [5.41, 5.74) is 6.17. The number of ether oxygens (including phenoxy) is 1. The predicted molar refractivity (Wildman–Crippen MR) is 105 cm³/mol. The predicted octanol–water partition coefficient (Wildman–Crippen LogP) is 1.64. The minimum Gasteiger partial charge on any atom is -0.462 e. The lowest BCUT2D eigenvalue weighted by atomic mass is 10.2. The number of amides is 1. The van der Waals surface area contributed by atoms with E-state index >= 15 is 0 Å². The van der Waals surface area contributed by atoms with Gasteiger partial charge in [0.1, 0.15) is 5.52 Å². The monoisotopic (exact) mass is 426 g/mol. The van der Waals surface area contributed by atoms with Crippen molar-refractivity contribution in [3.63, 3.8) is 0 Å². The van der Waals surface area contributed by atoms with E-state index in [1.54, 1.807) is 6.92 Å². The van der Waals surface area contributed by atoms with Gasteiger partial charge in [-0.3, -0.25) is 9.52 Å². The first kappa shape index (κ1) is 19.8. The number of hydrogen-bond donors (Lipinski definition) is 2. The zero-order valence-corrected chi connectivity index (χ0v) is 16.9. The maximum atomic E-state index is 13.3. The van der Waals surface area contributed by atoms with Crippen LogP contribution in [0.1, 0.15) is 24.2 Å². The van der Waals surface area contributed by atoms with Crippen LogP contribution in [0.2, 0.25) is 0 Å². The highest BCUT2D eigenvalue weighted by Gasteiger charge is 2.40. The molecule has 11 nitrogen and oxygen atoms in total. The van der Waals surface area contributed by atoms with Gasteiger partial charge >= 0.3 is 5.97 Å². The number of carbonyl (C=O) groups is 2. The molecular weight excluding hydrogens is 408 g/mol. The van der Waals surface area contributed by atoms with Crippen molar-refractivity contribution in [2.45, 2.75) is 13.8 Å². The molecule has 0 bridgehead atoms. The summed E-state index contributed by atoms with van der Waals surface area (Å²) in [6.45, 7) is 3.06. The molecule has 1 amide bonds. The van der Waals surface area contributed by atoms with Crippen LogP contribution in [0.3, 0.4) is 0 Å². The van der Waals surface area contributed by atoms with E-state index in [9.17, 15) is 18.0 Å². The Kier molecular flexibility index (Phi) is 4.89. The van der Waals surface area contributed by atoms with Crippen LogP contribution in [0, 0.1) is 0 Å². The SMILES string of the molecule is CCOC(=O)c1cccc2c1nc(N)n2S(=O)(=O)C1=CN=NS1(C)NC(C)=O. The molecule has 2 aromatic rings. The molecule has 2 heterocycles. The minimum atomic E-state index is -4.29. The lowest BCUT2D eigenvalue weighted by molar-refractivity contribution is -0.117. The molecule has 1 atom stereocenters.